The molecule has 1 N–H and O–H groups in total. The van der Waals surface area contributed by atoms with Gasteiger partial charge >= 0.3 is 0 Å². The Morgan fingerprint density at radius 2 is 2.00 bits per heavy atom. The molecule has 1 aliphatic heterocycles. The molecule has 174 valence electrons. The Morgan fingerprint density at radius 3 is 2.79 bits per heavy atom. The number of carbonyl (C=O) groups excluding carboxylic acids is 2. The standard InChI is InChI=1S/C26H29ClN2O2S2/c1-29-22-16-19(25(30)28-14-7-15-32-20-9-3-2-4-10-20)12-13-23(22)33-24(26(29)31)17-18-8-5-6-11-21(18)27/h5-6,8,11-13,16-17,20H,2-4,7,9-10,14-15H2,1H3,(H,28,30)/b24-17-. The number of amides is 2. The van der Waals surface area contributed by atoms with Gasteiger partial charge in [0, 0.05) is 34.3 Å². The Hall–Kier alpha value is -1.89. The minimum absolute atomic E-state index is 0.0938. The van der Waals surface area contributed by atoms with Crippen LogP contribution in [0, 0.1) is 0 Å². The van der Waals surface area contributed by atoms with Crippen LogP contribution in [0.4, 0.5) is 5.69 Å². The van der Waals surface area contributed by atoms with E-state index in [9.17, 15) is 9.59 Å². The number of nitrogens with one attached hydrogen (secondary N) is 1. The summed E-state index contributed by atoms with van der Waals surface area (Å²) in [6.07, 6.45) is 9.57. The minimum Gasteiger partial charge on any atom is -0.352 e. The number of rotatable bonds is 7. The molecule has 1 aliphatic carbocycles. The first kappa shape index (κ1) is 24.2. The molecule has 33 heavy (non-hydrogen) atoms. The van der Waals surface area contributed by atoms with Crippen LogP contribution < -0.4 is 10.2 Å². The fraction of sp³-hybridized carbons (Fsp3) is 0.385. The first-order chi connectivity index (χ1) is 16.0. The molecule has 2 aromatic rings. The molecule has 4 nitrogen and oxygen atoms in total. The van der Waals surface area contributed by atoms with E-state index in [1.54, 1.807) is 18.0 Å². The molecular weight excluding hydrogens is 472 g/mol. The van der Waals surface area contributed by atoms with Crippen LogP contribution >= 0.6 is 35.1 Å². The van der Waals surface area contributed by atoms with Crippen LogP contribution in [0.25, 0.3) is 6.08 Å². The fourth-order valence-electron chi connectivity index (χ4n) is 4.13. The maximum Gasteiger partial charge on any atom is 0.264 e. The van der Waals surface area contributed by atoms with Crippen molar-refractivity contribution in [3.8, 4) is 0 Å². The quantitative estimate of drug-likeness (QED) is 0.342. The Kier molecular flexibility index (Phi) is 8.45. The predicted octanol–water partition coefficient (Wildman–Crippen LogP) is 6.64. The highest BCUT2D eigenvalue weighted by Crippen LogP contribution is 2.42. The van der Waals surface area contributed by atoms with Gasteiger partial charge in [0.25, 0.3) is 11.8 Å². The zero-order chi connectivity index (χ0) is 23.2. The number of fused-ring (bicyclic) bond motifs is 1. The van der Waals surface area contributed by atoms with Gasteiger partial charge < -0.3 is 10.2 Å². The minimum atomic E-state index is -0.107. The van der Waals surface area contributed by atoms with Crippen molar-refractivity contribution >= 4 is 58.7 Å². The van der Waals surface area contributed by atoms with E-state index in [0.29, 0.717) is 22.0 Å². The number of benzene rings is 2. The van der Waals surface area contributed by atoms with Crippen molar-refractivity contribution in [1.29, 1.82) is 0 Å². The van der Waals surface area contributed by atoms with E-state index in [1.165, 1.54) is 43.9 Å². The lowest BCUT2D eigenvalue weighted by atomic mass is 10.0. The van der Waals surface area contributed by atoms with Crippen molar-refractivity contribution in [3.63, 3.8) is 0 Å². The van der Waals surface area contributed by atoms with Crippen molar-refractivity contribution in [1.82, 2.24) is 5.32 Å². The van der Waals surface area contributed by atoms with Crippen molar-refractivity contribution < 1.29 is 9.59 Å². The molecule has 1 fully saturated rings. The van der Waals surface area contributed by atoms with Gasteiger partial charge in [-0.3, -0.25) is 9.59 Å². The first-order valence-corrected chi connectivity index (χ1v) is 13.7. The van der Waals surface area contributed by atoms with E-state index < -0.39 is 0 Å². The van der Waals surface area contributed by atoms with Gasteiger partial charge in [-0.05, 0) is 60.9 Å². The third-order valence-electron chi connectivity index (χ3n) is 6.02. The molecule has 0 saturated heterocycles. The van der Waals surface area contributed by atoms with Crippen LogP contribution in [0.3, 0.4) is 0 Å². The van der Waals surface area contributed by atoms with Crippen LogP contribution in [-0.2, 0) is 4.79 Å². The van der Waals surface area contributed by atoms with Crippen LogP contribution in [0.5, 0.6) is 0 Å². The number of thioether (sulfide) groups is 2. The number of anilines is 1. The van der Waals surface area contributed by atoms with E-state index in [4.69, 9.17) is 11.6 Å². The van der Waals surface area contributed by atoms with Crippen molar-refractivity contribution in [3.05, 3.63) is 63.5 Å². The molecule has 2 aromatic carbocycles. The van der Waals surface area contributed by atoms with Crippen molar-refractivity contribution in [2.45, 2.75) is 48.7 Å². The van der Waals surface area contributed by atoms with E-state index in [-0.39, 0.29) is 11.8 Å². The van der Waals surface area contributed by atoms with Gasteiger partial charge in [-0.1, -0.05) is 60.8 Å². The number of halogens is 1. The Labute approximate surface area is 209 Å². The van der Waals surface area contributed by atoms with E-state index in [1.807, 2.05) is 42.5 Å². The van der Waals surface area contributed by atoms with Crippen LogP contribution in [0.15, 0.2) is 52.3 Å². The van der Waals surface area contributed by atoms with Crippen LogP contribution in [0.1, 0.15) is 54.4 Å². The Morgan fingerprint density at radius 1 is 1.21 bits per heavy atom. The molecule has 0 radical (unpaired) electrons. The zero-order valence-corrected chi connectivity index (χ0v) is 21.2. The van der Waals surface area contributed by atoms with Crippen LogP contribution in [0.2, 0.25) is 5.02 Å². The Bertz CT molecular complexity index is 1050. The summed E-state index contributed by atoms with van der Waals surface area (Å²) in [6, 6.07) is 13.0. The fourth-order valence-corrected chi connectivity index (χ4v) is 6.71. The number of hydrogen-bond acceptors (Lipinski definition) is 4. The maximum absolute atomic E-state index is 13.0. The smallest absolute Gasteiger partial charge is 0.264 e. The molecule has 0 unspecified atom stereocenters. The van der Waals surface area contributed by atoms with Gasteiger partial charge in [0.2, 0.25) is 0 Å². The van der Waals surface area contributed by atoms with Crippen molar-refractivity contribution in [2.24, 2.45) is 0 Å². The van der Waals surface area contributed by atoms with E-state index in [0.717, 1.165) is 33.6 Å². The van der Waals surface area contributed by atoms with Gasteiger partial charge in [0.15, 0.2) is 0 Å². The van der Waals surface area contributed by atoms with Gasteiger partial charge in [-0.2, -0.15) is 11.8 Å². The molecule has 4 rings (SSSR count). The van der Waals surface area contributed by atoms with E-state index in [2.05, 4.69) is 17.1 Å². The summed E-state index contributed by atoms with van der Waals surface area (Å²) in [6.45, 7) is 0.671. The summed E-state index contributed by atoms with van der Waals surface area (Å²) in [5, 5.41) is 4.44. The number of hydrogen-bond donors (Lipinski definition) is 1. The molecule has 2 amide bonds. The monoisotopic (exact) mass is 500 g/mol. The number of nitrogens with zero attached hydrogens (tertiary/aromatic N) is 1. The van der Waals surface area contributed by atoms with Gasteiger partial charge in [0.1, 0.15) is 0 Å². The van der Waals surface area contributed by atoms with Gasteiger partial charge in [-0.15, -0.1) is 0 Å². The number of likely N-dealkylation sites (N-methyl/N-ethyl adjacent to an activating group) is 1. The maximum atomic E-state index is 13.0. The number of carbonyl (C=O) groups is 2. The highest BCUT2D eigenvalue weighted by atomic mass is 35.5. The van der Waals surface area contributed by atoms with Gasteiger partial charge in [0.05, 0.1) is 10.6 Å². The molecular formula is C26H29ClN2O2S2. The Balaban J connectivity index is 1.35. The second kappa shape index (κ2) is 11.5. The molecule has 1 heterocycles. The zero-order valence-electron chi connectivity index (χ0n) is 18.8. The molecule has 1 saturated carbocycles. The third-order valence-corrected chi connectivity index (χ3v) is 8.91. The third kappa shape index (κ3) is 6.17. The highest BCUT2D eigenvalue weighted by molar-refractivity contribution is 8.04. The summed E-state index contributed by atoms with van der Waals surface area (Å²) < 4.78 is 0. The van der Waals surface area contributed by atoms with Gasteiger partial charge in [-0.25, -0.2) is 0 Å². The average Bonchev–Trinajstić information content (AvgIpc) is 2.84. The highest BCUT2D eigenvalue weighted by Gasteiger charge is 2.27. The molecule has 7 heteroatoms. The normalized spacial score (nSPS) is 17.8. The molecule has 0 spiro atoms. The lowest BCUT2D eigenvalue weighted by Gasteiger charge is -2.27. The average molecular weight is 501 g/mol. The largest absolute Gasteiger partial charge is 0.352 e. The second-order valence-corrected chi connectivity index (χ2v) is 11.3. The SMILES string of the molecule is CN1C(=O)/C(=C/c2ccccc2Cl)Sc2ccc(C(=O)NCCCSC3CCCCC3)cc21. The summed E-state index contributed by atoms with van der Waals surface area (Å²) in [7, 11) is 1.74. The van der Waals surface area contributed by atoms with E-state index >= 15 is 0 Å². The summed E-state index contributed by atoms with van der Waals surface area (Å²) >= 11 is 9.72. The summed E-state index contributed by atoms with van der Waals surface area (Å²) in [5.74, 6) is 0.886. The lowest BCUT2D eigenvalue weighted by molar-refractivity contribution is -0.114. The lowest BCUT2D eigenvalue weighted by Crippen LogP contribution is -2.31. The molecule has 2 aliphatic rings. The topological polar surface area (TPSA) is 49.4 Å². The summed E-state index contributed by atoms with van der Waals surface area (Å²) in [5.41, 5.74) is 2.14. The van der Waals surface area contributed by atoms with Crippen LogP contribution in [-0.4, -0.2) is 36.4 Å². The van der Waals surface area contributed by atoms with Crippen molar-refractivity contribution in [2.75, 3.05) is 24.2 Å². The summed E-state index contributed by atoms with van der Waals surface area (Å²) in [4.78, 5) is 28.8. The predicted molar refractivity (Wildman–Crippen MR) is 141 cm³/mol. The molecule has 0 atom stereocenters. The second-order valence-electron chi connectivity index (χ2n) is 8.42. The molecule has 0 bridgehead atoms. The first-order valence-electron chi connectivity index (χ1n) is 11.5. The molecule has 0 aromatic heterocycles.